The highest BCUT2D eigenvalue weighted by molar-refractivity contribution is 6.99. The topological polar surface area (TPSA) is 120 Å². The molecule has 1 aromatic rings. The number of aromatic nitrogens is 2. The summed E-state index contributed by atoms with van der Waals surface area (Å²) in [6.07, 6.45) is -2.12. The Hall–Kier alpha value is -2.47. The molecule has 0 bridgehead atoms. The molecular formula is C22H36N4O7S. The standard InChI is InChI=1S/C22H36N4O7S/c1-14(13-31-19-18(23-34-24-19)25-8-10-30-11-9-25)12-26(22(5,6)7)20(28)15(2)33-21(29)16(3)32-17(4)27/h14-16H,8-13H2,1-7H3/t14-,15-,16-/m0/s1. The van der Waals surface area contributed by atoms with E-state index in [2.05, 4.69) is 13.6 Å². The van der Waals surface area contributed by atoms with Crippen LogP contribution < -0.4 is 9.64 Å². The van der Waals surface area contributed by atoms with Gasteiger partial charge in [-0.05, 0) is 34.6 Å². The van der Waals surface area contributed by atoms with Gasteiger partial charge in [-0.25, -0.2) is 4.79 Å². The van der Waals surface area contributed by atoms with Gasteiger partial charge in [0.15, 0.2) is 12.2 Å². The molecule has 0 N–H and O–H groups in total. The predicted octanol–water partition coefficient (Wildman–Crippen LogP) is 1.90. The van der Waals surface area contributed by atoms with Crippen molar-refractivity contribution in [3.63, 3.8) is 0 Å². The van der Waals surface area contributed by atoms with Crippen LogP contribution in [0.25, 0.3) is 0 Å². The van der Waals surface area contributed by atoms with E-state index in [0.29, 0.717) is 38.1 Å². The molecule has 0 aromatic carbocycles. The van der Waals surface area contributed by atoms with E-state index in [0.717, 1.165) is 24.8 Å². The zero-order chi connectivity index (χ0) is 25.5. The van der Waals surface area contributed by atoms with Crippen LogP contribution in [0.1, 0.15) is 48.5 Å². The maximum atomic E-state index is 13.2. The summed E-state index contributed by atoms with van der Waals surface area (Å²) in [6.45, 7) is 15.3. The fraction of sp³-hybridized carbons (Fsp3) is 0.773. The zero-order valence-electron chi connectivity index (χ0n) is 21.0. The molecule has 11 nitrogen and oxygen atoms in total. The van der Waals surface area contributed by atoms with Crippen molar-refractivity contribution in [1.29, 1.82) is 0 Å². The number of anilines is 1. The summed E-state index contributed by atoms with van der Waals surface area (Å²) in [7, 11) is 0. The van der Waals surface area contributed by atoms with Gasteiger partial charge in [0.05, 0.1) is 31.5 Å². The molecule has 1 saturated heterocycles. The van der Waals surface area contributed by atoms with E-state index in [1.807, 2.05) is 27.7 Å². The van der Waals surface area contributed by atoms with Gasteiger partial charge in [-0.3, -0.25) is 9.59 Å². The van der Waals surface area contributed by atoms with E-state index in [4.69, 9.17) is 18.9 Å². The van der Waals surface area contributed by atoms with Crippen molar-refractivity contribution in [2.45, 2.75) is 66.2 Å². The third kappa shape index (κ3) is 8.08. The Labute approximate surface area is 205 Å². The fourth-order valence-electron chi connectivity index (χ4n) is 3.35. The Bertz CT molecular complexity index is 835. The van der Waals surface area contributed by atoms with Crippen LogP contribution in [-0.2, 0) is 28.6 Å². The van der Waals surface area contributed by atoms with Gasteiger partial charge in [0.25, 0.3) is 11.8 Å². The maximum Gasteiger partial charge on any atom is 0.347 e. The highest BCUT2D eigenvalue weighted by Crippen LogP contribution is 2.27. The number of ether oxygens (including phenoxy) is 4. The first-order chi connectivity index (χ1) is 15.9. The summed E-state index contributed by atoms with van der Waals surface area (Å²) in [6, 6.07) is 0. The molecule has 3 atom stereocenters. The normalized spacial score (nSPS) is 16.9. The highest BCUT2D eigenvalue weighted by atomic mass is 32.1. The van der Waals surface area contributed by atoms with Crippen molar-refractivity contribution in [1.82, 2.24) is 13.6 Å². The largest absolute Gasteiger partial charge is 0.474 e. The van der Waals surface area contributed by atoms with Crippen LogP contribution in [0.4, 0.5) is 5.82 Å². The van der Waals surface area contributed by atoms with Crippen LogP contribution in [0.5, 0.6) is 5.88 Å². The highest BCUT2D eigenvalue weighted by Gasteiger charge is 2.34. The van der Waals surface area contributed by atoms with Crippen LogP contribution in [0.2, 0.25) is 0 Å². The van der Waals surface area contributed by atoms with Gasteiger partial charge in [-0.2, -0.15) is 4.37 Å². The lowest BCUT2D eigenvalue weighted by Crippen LogP contribution is -2.52. The van der Waals surface area contributed by atoms with Crippen molar-refractivity contribution >= 4 is 35.4 Å². The number of rotatable bonds is 10. The maximum absolute atomic E-state index is 13.2. The van der Waals surface area contributed by atoms with Gasteiger partial charge in [0, 0.05) is 38.0 Å². The smallest absolute Gasteiger partial charge is 0.347 e. The van der Waals surface area contributed by atoms with Crippen molar-refractivity contribution < 1.29 is 33.3 Å². The minimum Gasteiger partial charge on any atom is -0.474 e. The minimum atomic E-state index is -1.09. The Balaban J connectivity index is 1.96. The van der Waals surface area contributed by atoms with Crippen LogP contribution in [0, 0.1) is 5.92 Å². The summed E-state index contributed by atoms with van der Waals surface area (Å²) in [5, 5.41) is 0. The lowest BCUT2D eigenvalue weighted by atomic mass is 10.0. The van der Waals surface area contributed by atoms with Gasteiger partial charge < -0.3 is 28.7 Å². The molecular weight excluding hydrogens is 464 g/mol. The summed E-state index contributed by atoms with van der Waals surface area (Å²) >= 11 is 1.10. The average molecular weight is 501 g/mol. The lowest BCUT2D eigenvalue weighted by Gasteiger charge is -2.38. The van der Waals surface area contributed by atoms with E-state index in [1.54, 1.807) is 4.90 Å². The van der Waals surface area contributed by atoms with E-state index < -0.39 is 29.7 Å². The molecule has 2 heterocycles. The molecule has 12 heteroatoms. The third-order valence-electron chi connectivity index (χ3n) is 5.14. The number of carbonyl (C=O) groups is 3. The summed E-state index contributed by atoms with van der Waals surface area (Å²) in [5.41, 5.74) is -0.519. The van der Waals surface area contributed by atoms with Gasteiger partial charge in [0.2, 0.25) is 5.82 Å². The fourth-order valence-corrected chi connectivity index (χ4v) is 3.87. The molecule has 1 aliphatic heterocycles. The van der Waals surface area contributed by atoms with Crippen LogP contribution >= 0.6 is 11.7 Å². The Kier molecular flexibility index (Phi) is 10.0. The molecule has 192 valence electrons. The number of amides is 1. The SMILES string of the molecule is CC(=O)O[C@@H](C)C(=O)O[C@@H](C)C(=O)N(C[C@H](C)COc1nsnc1N1CCOCC1)C(C)(C)C. The molecule has 0 unspecified atom stereocenters. The van der Waals surface area contributed by atoms with E-state index >= 15 is 0 Å². The zero-order valence-corrected chi connectivity index (χ0v) is 21.8. The molecule has 0 spiro atoms. The molecule has 34 heavy (non-hydrogen) atoms. The first-order valence-corrected chi connectivity index (χ1v) is 12.1. The Morgan fingerprint density at radius 2 is 1.74 bits per heavy atom. The second kappa shape index (κ2) is 12.3. The number of hydrogen-bond donors (Lipinski definition) is 0. The molecule has 1 fully saturated rings. The molecule has 0 aliphatic carbocycles. The van der Waals surface area contributed by atoms with E-state index in [-0.39, 0.29) is 11.8 Å². The van der Waals surface area contributed by atoms with Crippen molar-refractivity contribution in [2.75, 3.05) is 44.4 Å². The van der Waals surface area contributed by atoms with Gasteiger partial charge in [-0.15, -0.1) is 4.37 Å². The quantitative estimate of drug-likeness (QED) is 0.440. The van der Waals surface area contributed by atoms with E-state index in [9.17, 15) is 14.4 Å². The number of esters is 2. The minimum absolute atomic E-state index is 0.0368. The molecule has 0 saturated carbocycles. The molecule has 1 amide bonds. The first-order valence-electron chi connectivity index (χ1n) is 11.4. The Morgan fingerprint density at radius 3 is 2.32 bits per heavy atom. The molecule has 2 rings (SSSR count). The molecule has 1 aromatic heterocycles. The van der Waals surface area contributed by atoms with Crippen LogP contribution in [0.3, 0.4) is 0 Å². The molecule has 0 radical (unpaired) electrons. The monoisotopic (exact) mass is 500 g/mol. The van der Waals surface area contributed by atoms with Gasteiger partial charge in [-0.1, -0.05) is 6.92 Å². The van der Waals surface area contributed by atoms with Crippen molar-refractivity contribution in [2.24, 2.45) is 5.92 Å². The predicted molar refractivity (Wildman–Crippen MR) is 126 cm³/mol. The number of nitrogens with zero attached hydrogens (tertiary/aromatic N) is 4. The van der Waals surface area contributed by atoms with Crippen LogP contribution in [-0.4, -0.2) is 88.7 Å². The summed E-state index contributed by atoms with van der Waals surface area (Å²) in [5.74, 6) is -0.549. The Morgan fingerprint density at radius 1 is 1.09 bits per heavy atom. The summed E-state index contributed by atoms with van der Waals surface area (Å²) < 4.78 is 30.1. The molecule has 1 aliphatic rings. The number of hydrogen-bond acceptors (Lipinski definition) is 11. The van der Waals surface area contributed by atoms with Crippen LogP contribution in [0.15, 0.2) is 0 Å². The second-order valence-electron chi connectivity index (χ2n) is 9.36. The first kappa shape index (κ1) is 27.8. The van der Waals surface area contributed by atoms with Gasteiger partial charge >= 0.3 is 11.9 Å². The third-order valence-corrected chi connectivity index (χ3v) is 5.64. The second-order valence-corrected chi connectivity index (χ2v) is 9.89. The van der Waals surface area contributed by atoms with E-state index in [1.165, 1.54) is 20.8 Å². The number of morpholine rings is 1. The number of carbonyl (C=O) groups excluding carboxylic acids is 3. The average Bonchev–Trinajstić information content (AvgIpc) is 3.23. The lowest BCUT2D eigenvalue weighted by molar-refractivity contribution is -0.173. The van der Waals surface area contributed by atoms with Crippen molar-refractivity contribution in [3.05, 3.63) is 0 Å². The summed E-state index contributed by atoms with van der Waals surface area (Å²) in [4.78, 5) is 40.1. The van der Waals surface area contributed by atoms with Gasteiger partial charge in [0.1, 0.15) is 0 Å². The van der Waals surface area contributed by atoms with Crippen molar-refractivity contribution in [3.8, 4) is 5.88 Å².